The number of carboxylic acids is 1. The summed E-state index contributed by atoms with van der Waals surface area (Å²) in [7, 11) is 0. The monoisotopic (exact) mass is 402 g/mol. The van der Waals surface area contributed by atoms with Crippen LogP contribution in [0.25, 0.3) is 0 Å². The number of rotatable bonds is 7. The van der Waals surface area contributed by atoms with E-state index >= 15 is 0 Å². The van der Waals surface area contributed by atoms with Crippen LogP contribution in [0, 0.1) is 0 Å². The third-order valence-corrected chi connectivity index (χ3v) is 4.09. The van der Waals surface area contributed by atoms with Crippen molar-refractivity contribution in [2.45, 2.75) is 12.6 Å². The molecule has 0 aromatic heterocycles. The lowest BCUT2D eigenvalue weighted by Gasteiger charge is -2.11. The van der Waals surface area contributed by atoms with E-state index in [1.807, 2.05) is 0 Å². The van der Waals surface area contributed by atoms with E-state index in [-0.39, 0.29) is 17.9 Å². The summed E-state index contributed by atoms with van der Waals surface area (Å²) < 4.78 is 49.1. The number of alkyl halides is 3. The fraction of sp³-hybridized carbons (Fsp3) is 0.136. The van der Waals surface area contributed by atoms with Crippen molar-refractivity contribution in [3.63, 3.8) is 0 Å². The van der Waals surface area contributed by atoms with Crippen LogP contribution in [0.2, 0.25) is 0 Å². The van der Waals surface area contributed by atoms with Crippen molar-refractivity contribution < 1.29 is 32.5 Å². The van der Waals surface area contributed by atoms with Crippen molar-refractivity contribution in [3.05, 3.63) is 89.5 Å². The molecule has 0 aliphatic carbocycles. The molecular weight excluding hydrogens is 385 g/mol. The fourth-order valence-electron chi connectivity index (χ4n) is 2.63. The second-order valence-electron chi connectivity index (χ2n) is 6.17. The smallest absolute Gasteiger partial charge is 0.416 e. The van der Waals surface area contributed by atoms with Crippen LogP contribution < -0.4 is 9.47 Å². The van der Waals surface area contributed by atoms with Crippen molar-refractivity contribution in [2.24, 2.45) is 0 Å². The van der Waals surface area contributed by atoms with Crippen molar-refractivity contribution in [1.29, 1.82) is 0 Å². The predicted molar refractivity (Wildman–Crippen MR) is 101 cm³/mol. The van der Waals surface area contributed by atoms with Gasteiger partial charge in [-0.3, -0.25) is 0 Å². The molecular formula is C22H17F3O4. The molecule has 4 nitrogen and oxygen atoms in total. The molecule has 0 fully saturated rings. The molecule has 150 valence electrons. The Bertz CT molecular complexity index is 982. The Labute approximate surface area is 165 Å². The highest BCUT2D eigenvalue weighted by atomic mass is 19.4. The number of carbonyl (C=O) groups is 1. The largest absolute Gasteiger partial charge is 0.493 e. The average Bonchev–Trinajstić information content (AvgIpc) is 2.68. The lowest BCUT2D eigenvalue weighted by molar-refractivity contribution is -0.137. The van der Waals surface area contributed by atoms with Crippen LogP contribution in [0.5, 0.6) is 17.2 Å². The first kappa shape index (κ1) is 20.3. The van der Waals surface area contributed by atoms with E-state index < -0.39 is 17.7 Å². The molecule has 29 heavy (non-hydrogen) atoms. The zero-order chi connectivity index (χ0) is 20.9. The third-order valence-electron chi connectivity index (χ3n) is 4.09. The second kappa shape index (κ2) is 8.68. The summed E-state index contributed by atoms with van der Waals surface area (Å²) in [6.07, 6.45) is -3.92. The number of para-hydroxylation sites is 1. The van der Waals surface area contributed by atoms with E-state index in [2.05, 4.69) is 0 Å². The summed E-state index contributed by atoms with van der Waals surface area (Å²) >= 11 is 0. The molecule has 0 spiro atoms. The molecule has 0 amide bonds. The van der Waals surface area contributed by atoms with E-state index in [1.54, 1.807) is 42.5 Å². The van der Waals surface area contributed by atoms with Gasteiger partial charge in [0.1, 0.15) is 22.8 Å². The van der Waals surface area contributed by atoms with Gasteiger partial charge in [0, 0.05) is 12.5 Å². The first-order valence-corrected chi connectivity index (χ1v) is 8.72. The molecule has 7 heteroatoms. The second-order valence-corrected chi connectivity index (χ2v) is 6.17. The van der Waals surface area contributed by atoms with Crippen LogP contribution in [-0.4, -0.2) is 17.7 Å². The Balaban J connectivity index is 1.60. The van der Waals surface area contributed by atoms with E-state index in [0.29, 0.717) is 17.9 Å². The predicted octanol–water partition coefficient (Wildman–Crippen LogP) is 5.82. The summed E-state index contributed by atoms with van der Waals surface area (Å²) in [6, 6.07) is 17.9. The Morgan fingerprint density at radius 1 is 0.897 bits per heavy atom. The van der Waals surface area contributed by atoms with Gasteiger partial charge in [0.05, 0.1) is 12.2 Å². The third kappa shape index (κ3) is 5.51. The maximum Gasteiger partial charge on any atom is 0.416 e. The molecule has 0 saturated carbocycles. The number of halogens is 3. The molecule has 0 aliphatic heterocycles. The van der Waals surface area contributed by atoms with Gasteiger partial charge in [-0.25, -0.2) is 4.79 Å². The van der Waals surface area contributed by atoms with Crippen LogP contribution >= 0.6 is 0 Å². The molecule has 0 aliphatic rings. The van der Waals surface area contributed by atoms with Crippen LogP contribution in [0.15, 0.2) is 72.8 Å². The van der Waals surface area contributed by atoms with Crippen molar-refractivity contribution in [2.75, 3.05) is 6.61 Å². The van der Waals surface area contributed by atoms with Crippen LogP contribution in [0.3, 0.4) is 0 Å². The molecule has 0 heterocycles. The summed E-state index contributed by atoms with van der Waals surface area (Å²) in [6.45, 7) is 0.264. The number of carboxylic acid groups (broad SMARTS) is 1. The Morgan fingerprint density at radius 2 is 1.59 bits per heavy atom. The van der Waals surface area contributed by atoms with Gasteiger partial charge in [-0.05, 0) is 42.0 Å². The van der Waals surface area contributed by atoms with Crippen molar-refractivity contribution in [1.82, 2.24) is 0 Å². The molecule has 0 atom stereocenters. The van der Waals surface area contributed by atoms with E-state index in [9.17, 15) is 23.1 Å². The maximum absolute atomic E-state index is 12.6. The van der Waals surface area contributed by atoms with Gasteiger partial charge in [-0.15, -0.1) is 0 Å². The zero-order valence-electron chi connectivity index (χ0n) is 15.1. The Hall–Kier alpha value is -3.48. The quantitative estimate of drug-likeness (QED) is 0.541. The summed E-state index contributed by atoms with van der Waals surface area (Å²) in [5.74, 6) is 0.0272. The van der Waals surface area contributed by atoms with Gasteiger partial charge >= 0.3 is 12.1 Å². The highest BCUT2D eigenvalue weighted by Crippen LogP contribution is 2.30. The lowest BCUT2D eigenvalue weighted by atomic mass is 10.1. The first-order valence-electron chi connectivity index (χ1n) is 8.72. The van der Waals surface area contributed by atoms with Crippen LogP contribution in [0.4, 0.5) is 13.2 Å². The molecule has 0 bridgehead atoms. The summed E-state index contributed by atoms with van der Waals surface area (Å²) in [5, 5.41) is 9.22. The van der Waals surface area contributed by atoms with Gasteiger partial charge in [0.15, 0.2) is 0 Å². The molecule has 3 aromatic carbocycles. The van der Waals surface area contributed by atoms with Gasteiger partial charge in [0.2, 0.25) is 0 Å². The van der Waals surface area contributed by atoms with Gasteiger partial charge in [0.25, 0.3) is 0 Å². The molecule has 3 rings (SSSR count). The van der Waals surface area contributed by atoms with Crippen LogP contribution in [-0.2, 0) is 12.6 Å². The topological polar surface area (TPSA) is 55.8 Å². The summed E-state index contributed by atoms with van der Waals surface area (Å²) in [5.41, 5.74) is 0.0792. The Kier molecular flexibility index (Phi) is 6.07. The zero-order valence-corrected chi connectivity index (χ0v) is 15.1. The van der Waals surface area contributed by atoms with E-state index in [4.69, 9.17) is 9.47 Å². The normalized spacial score (nSPS) is 11.1. The number of benzene rings is 3. The van der Waals surface area contributed by atoms with Gasteiger partial charge in [-0.2, -0.15) is 13.2 Å². The SMILES string of the molecule is O=C(O)c1ccccc1Oc1cccc(OCCc2ccc(C(F)(F)F)cc2)c1. The lowest BCUT2D eigenvalue weighted by Crippen LogP contribution is -2.06. The number of aromatic carboxylic acids is 1. The molecule has 0 saturated heterocycles. The minimum absolute atomic E-state index is 0.0427. The van der Waals surface area contributed by atoms with Crippen molar-refractivity contribution >= 4 is 5.97 Å². The van der Waals surface area contributed by atoms with Crippen molar-refractivity contribution in [3.8, 4) is 17.2 Å². The average molecular weight is 402 g/mol. The fourth-order valence-corrected chi connectivity index (χ4v) is 2.63. The minimum Gasteiger partial charge on any atom is -0.493 e. The van der Waals surface area contributed by atoms with Gasteiger partial charge < -0.3 is 14.6 Å². The molecule has 0 radical (unpaired) electrons. The Morgan fingerprint density at radius 3 is 2.28 bits per heavy atom. The maximum atomic E-state index is 12.6. The highest BCUT2D eigenvalue weighted by molar-refractivity contribution is 5.90. The number of hydrogen-bond acceptors (Lipinski definition) is 3. The minimum atomic E-state index is -4.35. The molecule has 0 unspecified atom stereocenters. The number of hydrogen-bond donors (Lipinski definition) is 1. The first-order chi connectivity index (χ1) is 13.8. The molecule has 1 N–H and O–H groups in total. The summed E-state index contributed by atoms with van der Waals surface area (Å²) in [4.78, 5) is 11.3. The van der Waals surface area contributed by atoms with E-state index in [1.165, 1.54) is 18.2 Å². The van der Waals surface area contributed by atoms with E-state index in [0.717, 1.165) is 17.7 Å². The number of ether oxygens (including phenoxy) is 2. The molecule has 3 aromatic rings. The highest BCUT2D eigenvalue weighted by Gasteiger charge is 2.29. The van der Waals surface area contributed by atoms with Crippen LogP contribution in [0.1, 0.15) is 21.5 Å². The van der Waals surface area contributed by atoms with Gasteiger partial charge in [-0.1, -0.05) is 30.3 Å². The standard InChI is InChI=1S/C22H17F3O4/c23-22(24,25)16-10-8-15(9-11-16)12-13-28-17-4-3-5-18(14-17)29-20-7-2-1-6-19(20)21(26)27/h1-11,14H,12-13H2,(H,26,27).